The fourth-order valence-corrected chi connectivity index (χ4v) is 3.33. The summed E-state index contributed by atoms with van der Waals surface area (Å²) in [6.07, 6.45) is 4.15. The van der Waals surface area contributed by atoms with Crippen LogP contribution in [-0.4, -0.2) is 23.0 Å². The number of amides is 2. The topological polar surface area (TPSA) is 45.2 Å². The summed E-state index contributed by atoms with van der Waals surface area (Å²) in [6.45, 7) is 2.66. The Morgan fingerprint density at radius 3 is 2.86 bits per heavy atom. The van der Waals surface area contributed by atoms with Gasteiger partial charge in [0.05, 0.1) is 12.6 Å². The first kappa shape index (κ1) is 15.0. The van der Waals surface area contributed by atoms with Crippen LogP contribution in [0.4, 0.5) is 4.79 Å². The van der Waals surface area contributed by atoms with Crippen LogP contribution in [0.5, 0.6) is 0 Å². The lowest BCUT2D eigenvalue weighted by atomic mass is 9.98. The molecule has 2 amide bonds. The third kappa shape index (κ3) is 3.47. The van der Waals surface area contributed by atoms with Crippen molar-refractivity contribution in [2.24, 2.45) is 5.92 Å². The molecule has 1 atom stereocenters. The average Bonchev–Trinajstić information content (AvgIpc) is 3.23. The van der Waals surface area contributed by atoms with Gasteiger partial charge in [-0.15, -0.1) is 11.3 Å². The molecule has 4 nitrogen and oxygen atoms in total. The highest BCUT2D eigenvalue weighted by Crippen LogP contribution is 2.41. The predicted octanol–water partition coefficient (Wildman–Crippen LogP) is 3.74. The Hall–Kier alpha value is -1.88. The molecule has 0 radical (unpaired) electrons. The van der Waals surface area contributed by atoms with Gasteiger partial charge < -0.3 is 10.2 Å². The number of thiazole rings is 1. The fourth-order valence-electron chi connectivity index (χ4n) is 2.66. The summed E-state index contributed by atoms with van der Waals surface area (Å²) < 4.78 is 0. The van der Waals surface area contributed by atoms with Gasteiger partial charge in [0.25, 0.3) is 0 Å². The summed E-state index contributed by atoms with van der Waals surface area (Å²) in [5.41, 5.74) is 2.48. The highest BCUT2D eigenvalue weighted by atomic mass is 32.1. The molecule has 0 saturated heterocycles. The number of carbonyl (C=O) groups is 1. The monoisotopic (exact) mass is 315 g/mol. The number of urea groups is 1. The van der Waals surface area contributed by atoms with E-state index in [0.29, 0.717) is 12.5 Å². The molecular formula is C17H21N3OS. The zero-order chi connectivity index (χ0) is 15.5. The minimum atomic E-state index is -0.0321. The van der Waals surface area contributed by atoms with Gasteiger partial charge in [-0.3, -0.25) is 0 Å². The maximum atomic E-state index is 12.5. The maximum absolute atomic E-state index is 12.5. The lowest BCUT2D eigenvalue weighted by Crippen LogP contribution is -2.39. The lowest BCUT2D eigenvalue weighted by Gasteiger charge is -2.24. The van der Waals surface area contributed by atoms with E-state index in [1.165, 1.54) is 24.0 Å². The number of nitrogens with zero attached hydrogens (tertiary/aromatic N) is 2. The molecular weight excluding hydrogens is 294 g/mol. The standard InChI is InChI=1S/C17H21N3OS/c1-12-5-3-4-6-14(12)16(13-7-8-13)19-17(21)20(2)11-15-18-9-10-22-15/h3-6,9-10,13,16H,7-8,11H2,1-2H3,(H,19,21). The van der Waals surface area contributed by atoms with Crippen molar-refractivity contribution in [1.29, 1.82) is 0 Å². The van der Waals surface area contributed by atoms with Crippen molar-refractivity contribution < 1.29 is 4.79 Å². The van der Waals surface area contributed by atoms with Crippen molar-refractivity contribution in [3.63, 3.8) is 0 Å². The molecule has 1 unspecified atom stereocenters. The third-order valence-corrected chi connectivity index (χ3v) is 4.86. The van der Waals surface area contributed by atoms with Crippen LogP contribution in [0.2, 0.25) is 0 Å². The van der Waals surface area contributed by atoms with Crippen LogP contribution >= 0.6 is 11.3 Å². The second-order valence-electron chi connectivity index (χ2n) is 5.90. The molecule has 1 fully saturated rings. The van der Waals surface area contributed by atoms with Crippen LogP contribution in [0.3, 0.4) is 0 Å². The van der Waals surface area contributed by atoms with Crippen LogP contribution in [-0.2, 0) is 6.54 Å². The predicted molar refractivity (Wildman–Crippen MR) is 88.8 cm³/mol. The molecule has 2 aromatic rings. The van der Waals surface area contributed by atoms with Crippen LogP contribution in [0.25, 0.3) is 0 Å². The maximum Gasteiger partial charge on any atom is 0.318 e. The quantitative estimate of drug-likeness (QED) is 0.913. The van der Waals surface area contributed by atoms with Gasteiger partial charge in [0.1, 0.15) is 5.01 Å². The van der Waals surface area contributed by atoms with Crippen LogP contribution < -0.4 is 5.32 Å². The van der Waals surface area contributed by atoms with Gasteiger partial charge in [0.15, 0.2) is 0 Å². The van der Waals surface area contributed by atoms with E-state index in [4.69, 9.17) is 0 Å². The number of aryl methyl sites for hydroxylation is 1. The van der Waals surface area contributed by atoms with Gasteiger partial charge >= 0.3 is 6.03 Å². The Balaban J connectivity index is 1.68. The second kappa shape index (κ2) is 6.48. The molecule has 1 N–H and O–H groups in total. The van der Waals surface area contributed by atoms with Crippen LogP contribution in [0, 0.1) is 12.8 Å². The highest BCUT2D eigenvalue weighted by molar-refractivity contribution is 7.09. The van der Waals surface area contributed by atoms with E-state index in [0.717, 1.165) is 5.01 Å². The molecule has 5 heteroatoms. The SMILES string of the molecule is Cc1ccccc1C(NC(=O)N(C)Cc1nccs1)C1CC1. The van der Waals surface area contributed by atoms with Crippen LogP contribution in [0.1, 0.15) is 35.0 Å². The van der Waals surface area contributed by atoms with Gasteiger partial charge in [-0.2, -0.15) is 0 Å². The smallest absolute Gasteiger partial charge is 0.318 e. The number of carbonyl (C=O) groups excluding carboxylic acids is 1. The van der Waals surface area contributed by atoms with Gasteiger partial charge in [0, 0.05) is 18.6 Å². The van der Waals surface area contributed by atoms with Crippen molar-refractivity contribution in [3.05, 3.63) is 52.0 Å². The minimum Gasteiger partial charge on any atom is -0.331 e. The third-order valence-electron chi connectivity index (χ3n) is 4.10. The largest absolute Gasteiger partial charge is 0.331 e. The molecule has 1 aromatic carbocycles. The summed E-state index contributed by atoms with van der Waals surface area (Å²) in [5, 5.41) is 6.10. The number of aromatic nitrogens is 1. The number of nitrogens with one attached hydrogen (secondary N) is 1. The van der Waals surface area contributed by atoms with Gasteiger partial charge in [-0.25, -0.2) is 9.78 Å². The van der Waals surface area contributed by atoms with Crippen LogP contribution in [0.15, 0.2) is 35.8 Å². The molecule has 1 heterocycles. The number of hydrogen-bond donors (Lipinski definition) is 1. The highest BCUT2D eigenvalue weighted by Gasteiger charge is 2.34. The molecule has 22 heavy (non-hydrogen) atoms. The average molecular weight is 315 g/mol. The molecule has 1 aromatic heterocycles. The van der Waals surface area contributed by atoms with Crippen molar-refractivity contribution in [2.75, 3.05) is 7.05 Å². The van der Waals surface area contributed by atoms with Crippen molar-refractivity contribution >= 4 is 17.4 Å². The summed E-state index contributed by atoms with van der Waals surface area (Å²) in [7, 11) is 1.82. The fraction of sp³-hybridized carbons (Fsp3) is 0.412. The number of benzene rings is 1. The number of hydrogen-bond acceptors (Lipinski definition) is 3. The number of rotatable bonds is 5. The van der Waals surface area contributed by atoms with Gasteiger partial charge in [-0.05, 0) is 36.8 Å². The summed E-state index contributed by atoms with van der Waals surface area (Å²) >= 11 is 1.57. The van der Waals surface area contributed by atoms with Crippen molar-refractivity contribution in [2.45, 2.75) is 32.4 Å². The summed E-state index contributed by atoms with van der Waals surface area (Å²) in [5.74, 6) is 0.568. The van der Waals surface area contributed by atoms with Crippen molar-refractivity contribution in [1.82, 2.24) is 15.2 Å². The van der Waals surface area contributed by atoms with E-state index in [1.54, 1.807) is 22.4 Å². The van der Waals surface area contributed by atoms with E-state index in [-0.39, 0.29) is 12.1 Å². The normalized spacial score (nSPS) is 15.4. The molecule has 0 spiro atoms. The Morgan fingerprint density at radius 1 is 1.45 bits per heavy atom. The molecule has 116 valence electrons. The Kier molecular flexibility index (Phi) is 4.43. The Morgan fingerprint density at radius 2 is 2.23 bits per heavy atom. The minimum absolute atomic E-state index is 0.0321. The molecule has 1 aliphatic rings. The zero-order valence-electron chi connectivity index (χ0n) is 13.0. The molecule has 1 saturated carbocycles. The van der Waals surface area contributed by atoms with E-state index >= 15 is 0 Å². The molecule has 0 bridgehead atoms. The van der Waals surface area contributed by atoms with E-state index in [9.17, 15) is 4.79 Å². The molecule has 3 rings (SSSR count). The first-order valence-electron chi connectivity index (χ1n) is 7.60. The molecule has 1 aliphatic carbocycles. The Labute approximate surface area is 135 Å². The first-order chi connectivity index (χ1) is 10.6. The summed E-state index contributed by atoms with van der Waals surface area (Å²) in [4.78, 5) is 18.4. The lowest BCUT2D eigenvalue weighted by molar-refractivity contribution is 0.201. The summed E-state index contributed by atoms with van der Waals surface area (Å²) in [6, 6.07) is 8.40. The van der Waals surface area contributed by atoms with Crippen molar-refractivity contribution in [3.8, 4) is 0 Å². The Bertz CT molecular complexity index is 637. The van der Waals surface area contributed by atoms with E-state index in [1.807, 2.05) is 24.6 Å². The first-order valence-corrected chi connectivity index (χ1v) is 8.48. The van der Waals surface area contributed by atoms with E-state index < -0.39 is 0 Å². The second-order valence-corrected chi connectivity index (χ2v) is 6.88. The van der Waals surface area contributed by atoms with Gasteiger partial charge in [-0.1, -0.05) is 24.3 Å². The van der Waals surface area contributed by atoms with E-state index in [2.05, 4.69) is 29.4 Å². The molecule has 0 aliphatic heterocycles. The van der Waals surface area contributed by atoms with Gasteiger partial charge in [0.2, 0.25) is 0 Å². The zero-order valence-corrected chi connectivity index (χ0v) is 13.8.